The topological polar surface area (TPSA) is 138 Å². The van der Waals surface area contributed by atoms with Gasteiger partial charge in [-0.25, -0.2) is 4.98 Å². The predicted molar refractivity (Wildman–Crippen MR) is 88.0 cm³/mol. The van der Waals surface area contributed by atoms with Gasteiger partial charge in [0.25, 0.3) is 0 Å². The van der Waals surface area contributed by atoms with Crippen molar-refractivity contribution < 1.29 is 24.4 Å². The number of aryl methyl sites for hydroxylation is 1. The number of anilines is 1. The molecule has 10 nitrogen and oxygen atoms in total. The number of nitrogen functional groups attached to an aromatic ring is 1. The molecule has 0 aromatic carbocycles. The van der Waals surface area contributed by atoms with Gasteiger partial charge in [-0.2, -0.15) is 9.97 Å². The number of aliphatic hydroxyl groups excluding tert-OH is 1. The van der Waals surface area contributed by atoms with E-state index in [0.29, 0.717) is 17.0 Å². The monoisotopic (exact) mass is 353 g/mol. The molecule has 0 spiro atoms. The summed E-state index contributed by atoms with van der Waals surface area (Å²) in [6, 6.07) is 0. The summed E-state index contributed by atoms with van der Waals surface area (Å²) in [7, 11) is 2.97. The minimum atomic E-state index is -1.52. The number of nitrogens with zero attached hydrogens (tertiary/aromatic N) is 4. The Hall–Kier alpha value is -2.01. The Morgan fingerprint density at radius 3 is 2.60 bits per heavy atom. The fourth-order valence-corrected chi connectivity index (χ4v) is 3.25. The van der Waals surface area contributed by atoms with Gasteiger partial charge >= 0.3 is 0 Å². The third-order valence-corrected chi connectivity index (χ3v) is 4.68. The van der Waals surface area contributed by atoms with Crippen LogP contribution in [0.4, 0.5) is 5.95 Å². The molecule has 0 radical (unpaired) electrons. The number of hydrogen-bond donors (Lipinski definition) is 3. The van der Waals surface area contributed by atoms with Crippen molar-refractivity contribution >= 4 is 17.1 Å². The van der Waals surface area contributed by atoms with Crippen LogP contribution in [0, 0.1) is 6.92 Å². The molecule has 3 rings (SSSR count). The van der Waals surface area contributed by atoms with E-state index in [-0.39, 0.29) is 11.8 Å². The normalized spacial score (nSPS) is 30.8. The lowest BCUT2D eigenvalue weighted by Gasteiger charge is -2.29. The smallest absolute Gasteiger partial charge is 0.246 e. The van der Waals surface area contributed by atoms with Crippen molar-refractivity contribution in [3.63, 3.8) is 0 Å². The highest BCUT2D eigenvalue weighted by molar-refractivity contribution is 5.78. The molecule has 0 aliphatic carbocycles. The van der Waals surface area contributed by atoms with Gasteiger partial charge in [-0.05, 0) is 20.8 Å². The van der Waals surface area contributed by atoms with Crippen molar-refractivity contribution in [3.8, 4) is 5.88 Å². The lowest BCUT2D eigenvalue weighted by molar-refractivity contribution is -0.118. The molecule has 1 aliphatic rings. The Labute approximate surface area is 144 Å². The van der Waals surface area contributed by atoms with E-state index in [1.807, 2.05) is 0 Å². The molecule has 5 atom stereocenters. The zero-order valence-electron chi connectivity index (χ0n) is 14.8. The van der Waals surface area contributed by atoms with Gasteiger partial charge in [0.15, 0.2) is 17.4 Å². The van der Waals surface area contributed by atoms with E-state index < -0.39 is 30.1 Å². The molecule has 1 fully saturated rings. The second-order valence-electron chi connectivity index (χ2n) is 6.35. The molecule has 1 unspecified atom stereocenters. The second-order valence-corrected chi connectivity index (χ2v) is 6.35. The molecule has 138 valence electrons. The third-order valence-electron chi connectivity index (χ3n) is 4.68. The molecule has 4 N–H and O–H groups in total. The Morgan fingerprint density at radius 1 is 1.32 bits per heavy atom. The lowest BCUT2D eigenvalue weighted by Crippen LogP contribution is -2.49. The van der Waals surface area contributed by atoms with Gasteiger partial charge in [-0.1, -0.05) is 0 Å². The van der Waals surface area contributed by atoms with E-state index in [9.17, 15) is 10.2 Å². The zero-order valence-corrected chi connectivity index (χ0v) is 14.8. The summed E-state index contributed by atoms with van der Waals surface area (Å²) in [5.41, 5.74) is 4.97. The van der Waals surface area contributed by atoms with E-state index in [4.69, 9.17) is 19.9 Å². The fraction of sp³-hybridized carbons (Fsp3) is 0.667. The average Bonchev–Trinajstić information content (AvgIpc) is 3.00. The molecule has 1 aliphatic heterocycles. The van der Waals surface area contributed by atoms with Gasteiger partial charge in [0.05, 0.1) is 13.2 Å². The van der Waals surface area contributed by atoms with Crippen LogP contribution >= 0.6 is 0 Å². The summed E-state index contributed by atoms with van der Waals surface area (Å²) >= 11 is 0. The molecule has 2 aromatic heterocycles. The third kappa shape index (κ3) is 2.61. The van der Waals surface area contributed by atoms with Crippen LogP contribution in [0.15, 0.2) is 0 Å². The molecule has 0 amide bonds. The number of hydrogen-bond acceptors (Lipinski definition) is 9. The minimum absolute atomic E-state index is 0.00607. The average molecular weight is 353 g/mol. The number of ether oxygens (including phenoxy) is 3. The van der Waals surface area contributed by atoms with Crippen LogP contribution in [-0.2, 0) is 9.47 Å². The van der Waals surface area contributed by atoms with Crippen LogP contribution in [0.5, 0.6) is 5.88 Å². The van der Waals surface area contributed by atoms with Gasteiger partial charge in [-0.3, -0.25) is 4.57 Å². The predicted octanol–water partition coefficient (Wildman–Crippen LogP) is -0.230. The van der Waals surface area contributed by atoms with Gasteiger partial charge in [-0.15, -0.1) is 0 Å². The van der Waals surface area contributed by atoms with Crippen LogP contribution < -0.4 is 10.5 Å². The fourth-order valence-electron chi connectivity index (χ4n) is 3.25. The number of methoxy groups -OCH3 is 2. The lowest BCUT2D eigenvalue weighted by atomic mass is 9.91. The SMILES string of the molecule is COc1nc(N)nc2c1nc(C)n2[C@@H]1O[C@H](C(C)OC)[C@@](C)(O)[C@@H]1O. The summed E-state index contributed by atoms with van der Waals surface area (Å²) in [5.74, 6) is 0.746. The Morgan fingerprint density at radius 2 is 2.00 bits per heavy atom. The van der Waals surface area contributed by atoms with Crippen molar-refractivity contribution in [2.24, 2.45) is 0 Å². The summed E-state index contributed by atoms with van der Waals surface area (Å²) in [4.78, 5) is 12.6. The first-order valence-electron chi connectivity index (χ1n) is 7.87. The van der Waals surface area contributed by atoms with Gasteiger partial charge < -0.3 is 30.2 Å². The summed E-state index contributed by atoms with van der Waals surface area (Å²) in [6.07, 6.45) is -3.32. The number of rotatable bonds is 4. The number of fused-ring (bicyclic) bond motifs is 1. The number of aliphatic hydroxyl groups is 2. The van der Waals surface area contributed by atoms with E-state index in [1.165, 1.54) is 21.1 Å². The molecule has 0 bridgehead atoms. The number of nitrogens with two attached hydrogens (primary N) is 1. The van der Waals surface area contributed by atoms with Gasteiger partial charge in [0, 0.05) is 7.11 Å². The first-order chi connectivity index (χ1) is 11.7. The summed E-state index contributed by atoms with van der Waals surface area (Å²) in [6.45, 7) is 5.00. The maximum Gasteiger partial charge on any atom is 0.246 e. The van der Waals surface area contributed by atoms with Crippen molar-refractivity contribution in [1.82, 2.24) is 19.5 Å². The quantitative estimate of drug-likeness (QED) is 0.680. The standard InChI is InChI=1S/C15H23N5O5/c1-6(23-4)10-15(3,22)9(21)13(25-10)20-7(2)17-8-11(20)18-14(16)19-12(8)24-5/h6,9-10,13,21-22H,1-5H3,(H2,16,18,19)/t6?,9-,10-,13-,15+/m1/s1. The van der Waals surface area contributed by atoms with Crippen LogP contribution in [0.1, 0.15) is 25.9 Å². The van der Waals surface area contributed by atoms with Crippen molar-refractivity contribution in [1.29, 1.82) is 0 Å². The Balaban J connectivity index is 2.14. The summed E-state index contributed by atoms with van der Waals surface area (Å²) in [5, 5.41) is 21.4. The summed E-state index contributed by atoms with van der Waals surface area (Å²) < 4.78 is 18.0. The maximum absolute atomic E-state index is 10.7. The zero-order chi connectivity index (χ0) is 18.5. The Kier molecular flexibility index (Phi) is 4.31. The maximum atomic E-state index is 10.7. The molecule has 0 saturated carbocycles. The van der Waals surface area contributed by atoms with Crippen LogP contribution in [0.3, 0.4) is 0 Å². The van der Waals surface area contributed by atoms with Crippen molar-refractivity contribution in [2.75, 3.05) is 20.0 Å². The minimum Gasteiger partial charge on any atom is -0.479 e. The van der Waals surface area contributed by atoms with Gasteiger partial charge in [0.2, 0.25) is 11.8 Å². The molecule has 3 heterocycles. The van der Waals surface area contributed by atoms with Crippen LogP contribution in [0.25, 0.3) is 11.2 Å². The largest absolute Gasteiger partial charge is 0.479 e. The van der Waals surface area contributed by atoms with Crippen LogP contribution in [0.2, 0.25) is 0 Å². The first kappa shape index (κ1) is 17.8. The molecule has 1 saturated heterocycles. The highest BCUT2D eigenvalue weighted by Gasteiger charge is 2.55. The highest BCUT2D eigenvalue weighted by atomic mass is 16.6. The second kappa shape index (κ2) is 6.06. The van der Waals surface area contributed by atoms with Gasteiger partial charge in [0.1, 0.15) is 23.6 Å². The van der Waals surface area contributed by atoms with E-state index >= 15 is 0 Å². The van der Waals surface area contributed by atoms with E-state index in [2.05, 4.69) is 15.0 Å². The Bertz CT molecular complexity index is 792. The van der Waals surface area contributed by atoms with E-state index in [0.717, 1.165) is 0 Å². The molecular formula is C15H23N5O5. The highest BCUT2D eigenvalue weighted by Crippen LogP contribution is 2.41. The number of aromatic nitrogens is 4. The number of imidazole rings is 1. The molecule has 10 heteroatoms. The van der Waals surface area contributed by atoms with Crippen molar-refractivity contribution in [3.05, 3.63) is 5.82 Å². The first-order valence-corrected chi connectivity index (χ1v) is 7.87. The molecule has 2 aromatic rings. The molecular weight excluding hydrogens is 330 g/mol. The van der Waals surface area contributed by atoms with E-state index in [1.54, 1.807) is 18.4 Å². The van der Waals surface area contributed by atoms with Crippen LogP contribution in [-0.4, -0.2) is 67.9 Å². The molecule has 25 heavy (non-hydrogen) atoms. The van der Waals surface area contributed by atoms with Crippen molar-refractivity contribution in [2.45, 2.75) is 50.9 Å².